The van der Waals surface area contributed by atoms with E-state index in [2.05, 4.69) is 31.4 Å². The standard InChI is InChI=1S/C18H20BrClN6S/c1-12-14(8-21-25(12)3)9-24(2)18(27)22-17-15(19)11-26(23-17)10-13-6-4-5-7-16(13)20/h4-8,11H,9-10H2,1-3H3,(H,22,23,27). The Balaban J connectivity index is 1.66. The number of hydrogen-bond acceptors (Lipinski definition) is 3. The summed E-state index contributed by atoms with van der Waals surface area (Å²) in [5.41, 5.74) is 3.26. The van der Waals surface area contributed by atoms with Gasteiger partial charge in [0.1, 0.15) is 0 Å². The molecule has 0 saturated heterocycles. The van der Waals surface area contributed by atoms with Crippen molar-refractivity contribution in [2.45, 2.75) is 20.0 Å². The van der Waals surface area contributed by atoms with Crippen molar-refractivity contribution in [3.05, 3.63) is 63.0 Å². The Kier molecular flexibility index (Phi) is 6.18. The van der Waals surface area contributed by atoms with E-state index in [1.54, 1.807) is 0 Å². The number of benzene rings is 1. The second kappa shape index (κ2) is 8.41. The first-order chi connectivity index (χ1) is 12.8. The molecule has 0 fully saturated rings. The number of nitrogens with one attached hydrogen (secondary N) is 1. The average molecular weight is 468 g/mol. The number of nitrogens with zero attached hydrogens (tertiary/aromatic N) is 5. The van der Waals surface area contributed by atoms with Crippen LogP contribution >= 0.6 is 39.7 Å². The monoisotopic (exact) mass is 466 g/mol. The molecule has 0 aliphatic rings. The highest BCUT2D eigenvalue weighted by Crippen LogP contribution is 2.23. The first-order valence-corrected chi connectivity index (χ1v) is 9.89. The zero-order valence-corrected chi connectivity index (χ0v) is 18.4. The largest absolute Gasteiger partial charge is 0.348 e. The summed E-state index contributed by atoms with van der Waals surface area (Å²) in [6, 6.07) is 7.73. The molecule has 6 nitrogen and oxygen atoms in total. The maximum absolute atomic E-state index is 6.24. The van der Waals surface area contributed by atoms with Gasteiger partial charge in [0, 0.05) is 43.1 Å². The van der Waals surface area contributed by atoms with Gasteiger partial charge in [-0.15, -0.1) is 0 Å². The van der Waals surface area contributed by atoms with Crippen molar-refractivity contribution < 1.29 is 0 Å². The summed E-state index contributed by atoms with van der Waals surface area (Å²) in [7, 11) is 3.87. The molecule has 0 aliphatic carbocycles. The number of aromatic nitrogens is 4. The molecule has 3 aromatic rings. The van der Waals surface area contributed by atoms with Gasteiger partial charge < -0.3 is 10.2 Å². The molecule has 1 N–H and O–H groups in total. The fourth-order valence-corrected chi connectivity index (χ4v) is 3.36. The Bertz CT molecular complexity index is 967. The van der Waals surface area contributed by atoms with Crippen LogP contribution in [0.2, 0.25) is 5.02 Å². The average Bonchev–Trinajstić information content (AvgIpc) is 3.13. The SMILES string of the molecule is Cc1c(CN(C)C(=S)Nc2nn(Cc3ccccc3Cl)cc2Br)cnn1C. The molecule has 0 amide bonds. The van der Waals surface area contributed by atoms with Gasteiger partial charge in [0.25, 0.3) is 0 Å². The normalized spacial score (nSPS) is 10.9. The Morgan fingerprint density at radius 2 is 2.07 bits per heavy atom. The van der Waals surface area contributed by atoms with Crippen molar-refractivity contribution in [3.63, 3.8) is 0 Å². The molecular weight excluding hydrogens is 448 g/mol. The third-order valence-corrected chi connectivity index (χ3v) is 5.69. The highest BCUT2D eigenvalue weighted by molar-refractivity contribution is 9.10. The summed E-state index contributed by atoms with van der Waals surface area (Å²) in [4.78, 5) is 1.96. The zero-order valence-electron chi connectivity index (χ0n) is 15.3. The van der Waals surface area contributed by atoms with Crippen molar-refractivity contribution >= 4 is 50.7 Å². The van der Waals surface area contributed by atoms with Crippen LogP contribution in [-0.2, 0) is 20.1 Å². The maximum atomic E-state index is 6.24. The maximum Gasteiger partial charge on any atom is 0.174 e. The summed E-state index contributed by atoms with van der Waals surface area (Å²) < 4.78 is 4.51. The van der Waals surface area contributed by atoms with Crippen LogP contribution in [0.15, 0.2) is 41.1 Å². The van der Waals surface area contributed by atoms with Crippen LogP contribution < -0.4 is 5.32 Å². The summed E-state index contributed by atoms with van der Waals surface area (Å²) in [6.45, 7) is 3.29. The zero-order chi connectivity index (χ0) is 19.6. The number of hydrogen-bond donors (Lipinski definition) is 1. The minimum Gasteiger partial charge on any atom is -0.348 e. The first-order valence-electron chi connectivity index (χ1n) is 8.31. The van der Waals surface area contributed by atoms with Crippen molar-refractivity contribution in [3.8, 4) is 0 Å². The van der Waals surface area contributed by atoms with Crippen LogP contribution in [0, 0.1) is 6.92 Å². The predicted octanol–water partition coefficient (Wildman–Crippen LogP) is 4.22. The van der Waals surface area contributed by atoms with E-state index in [-0.39, 0.29) is 0 Å². The Labute approximate surface area is 177 Å². The molecule has 2 aromatic heterocycles. The lowest BCUT2D eigenvalue weighted by Crippen LogP contribution is -2.31. The summed E-state index contributed by atoms with van der Waals surface area (Å²) in [5, 5.41) is 13.3. The number of rotatable bonds is 5. The van der Waals surface area contributed by atoms with E-state index < -0.39 is 0 Å². The fraction of sp³-hybridized carbons (Fsp3) is 0.278. The lowest BCUT2D eigenvalue weighted by atomic mass is 10.2. The second-order valence-electron chi connectivity index (χ2n) is 6.28. The first kappa shape index (κ1) is 19.9. The number of thiocarbonyl (C=S) groups is 1. The van der Waals surface area contributed by atoms with Gasteiger partial charge in [0.2, 0.25) is 0 Å². The molecule has 9 heteroatoms. The quantitative estimate of drug-likeness (QED) is 0.570. The Hall–Kier alpha value is -1.90. The van der Waals surface area contributed by atoms with Crippen molar-refractivity contribution in [1.82, 2.24) is 24.5 Å². The Morgan fingerprint density at radius 3 is 2.74 bits per heavy atom. The molecule has 0 spiro atoms. The minimum atomic E-state index is 0.581. The van der Waals surface area contributed by atoms with Gasteiger partial charge in [0.15, 0.2) is 10.9 Å². The minimum absolute atomic E-state index is 0.581. The lowest BCUT2D eigenvalue weighted by Gasteiger charge is -2.20. The molecule has 3 rings (SSSR count). The summed E-state index contributed by atoms with van der Waals surface area (Å²) >= 11 is 15.3. The number of halogens is 2. The molecule has 0 atom stereocenters. The van der Waals surface area contributed by atoms with E-state index in [1.807, 2.05) is 71.9 Å². The molecular formula is C18H20BrClN6S. The third kappa shape index (κ3) is 4.69. The van der Waals surface area contributed by atoms with Crippen LogP contribution in [0.1, 0.15) is 16.8 Å². The molecule has 142 valence electrons. The van der Waals surface area contributed by atoms with Crippen LogP contribution in [-0.4, -0.2) is 36.6 Å². The van der Waals surface area contributed by atoms with Gasteiger partial charge in [-0.2, -0.15) is 10.2 Å². The summed E-state index contributed by atoms with van der Waals surface area (Å²) in [5.74, 6) is 0.668. The van der Waals surface area contributed by atoms with Crippen LogP contribution in [0.5, 0.6) is 0 Å². The van der Waals surface area contributed by atoms with Crippen molar-refractivity contribution in [1.29, 1.82) is 0 Å². The number of aryl methyl sites for hydroxylation is 1. The molecule has 1 aromatic carbocycles. The van der Waals surface area contributed by atoms with E-state index in [1.165, 1.54) is 0 Å². The van der Waals surface area contributed by atoms with E-state index in [0.29, 0.717) is 24.0 Å². The molecule has 2 heterocycles. The predicted molar refractivity (Wildman–Crippen MR) is 116 cm³/mol. The highest BCUT2D eigenvalue weighted by atomic mass is 79.9. The van der Waals surface area contributed by atoms with E-state index in [4.69, 9.17) is 23.8 Å². The van der Waals surface area contributed by atoms with Crippen LogP contribution in [0.3, 0.4) is 0 Å². The molecule has 0 aliphatic heterocycles. The third-order valence-electron chi connectivity index (χ3n) is 4.32. The van der Waals surface area contributed by atoms with E-state index >= 15 is 0 Å². The van der Waals surface area contributed by atoms with E-state index in [0.717, 1.165) is 26.3 Å². The topological polar surface area (TPSA) is 50.9 Å². The molecule has 0 saturated carbocycles. The van der Waals surface area contributed by atoms with Crippen molar-refractivity contribution in [2.24, 2.45) is 7.05 Å². The van der Waals surface area contributed by atoms with Crippen LogP contribution in [0.25, 0.3) is 0 Å². The van der Waals surface area contributed by atoms with E-state index in [9.17, 15) is 0 Å². The smallest absolute Gasteiger partial charge is 0.174 e. The van der Waals surface area contributed by atoms with Gasteiger partial charge in [-0.1, -0.05) is 29.8 Å². The summed E-state index contributed by atoms with van der Waals surface area (Å²) in [6.07, 6.45) is 3.77. The lowest BCUT2D eigenvalue weighted by molar-refractivity contribution is 0.506. The molecule has 0 radical (unpaired) electrons. The van der Waals surface area contributed by atoms with Crippen LogP contribution in [0.4, 0.5) is 5.82 Å². The number of anilines is 1. The van der Waals surface area contributed by atoms with Crippen molar-refractivity contribution in [2.75, 3.05) is 12.4 Å². The van der Waals surface area contributed by atoms with Gasteiger partial charge >= 0.3 is 0 Å². The second-order valence-corrected chi connectivity index (χ2v) is 7.93. The molecule has 27 heavy (non-hydrogen) atoms. The Morgan fingerprint density at radius 1 is 1.33 bits per heavy atom. The fourth-order valence-electron chi connectivity index (χ4n) is 2.59. The van der Waals surface area contributed by atoms with Gasteiger partial charge in [-0.3, -0.25) is 9.36 Å². The van der Waals surface area contributed by atoms with Gasteiger partial charge in [-0.25, -0.2) is 0 Å². The van der Waals surface area contributed by atoms with Gasteiger partial charge in [-0.05, 0) is 46.7 Å². The molecule has 0 unspecified atom stereocenters. The van der Waals surface area contributed by atoms with Gasteiger partial charge in [0.05, 0.1) is 17.2 Å². The highest BCUT2D eigenvalue weighted by Gasteiger charge is 2.14. The molecule has 0 bridgehead atoms.